The van der Waals surface area contributed by atoms with Crippen LogP contribution in [0.15, 0.2) is 45.2 Å². The van der Waals surface area contributed by atoms with Crippen molar-refractivity contribution in [2.75, 3.05) is 46.3 Å². The first kappa shape index (κ1) is 20.3. The third-order valence-electron chi connectivity index (χ3n) is 5.96. The van der Waals surface area contributed by atoms with Gasteiger partial charge in [-0.25, -0.2) is 4.99 Å². The average molecular weight is 415 g/mol. The monoisotopic (exact) mass is 414 g/mol. The van der Waals surface area contributed by atoms with Crippen LogP contribution in [-0.2, 0) is 11.4 Å². The minimum atomic E-state index is -1.26. The van der Waals surface area contributed by atoms with Gasteiger partial charge in [-0.3, -0.25) is 9.89 Å². The van der Waals surface area contributed by atoms with Gasteiger partial charge in [-0.1, -0.05) is 6.42 Å². The third-order valence-corrected chi connectivity index (χ3v) is 7.38. The normalized spacial score (nSPS) is 22.8. The summed E-state index contributed by atoms with van der Waals surface area (Å²) in [4.78, 5) is 14.3. The van der Waals surface area contributed by atoms with Crippen LogP contribution >= 0.6 is 0 Å². The molecule has 3 aliphatic rings. The van der Waals surface area contributed by atoms with Crippen molar-refractivity contribution in [2.24, 2.45) is 15.7 Å². The molecule has 29 heavy (non-hydrogen) atoms. The van der Waals surface area contributed by atoms with E-state index in [4.69, 9.17) is 5.73 Å². The molecule has 0 bridgehead atoms. The number of benzene rings is 1. The summed E-state index contributed by atoms with van der Waals surface area (Å²) in [7, 11) is 1.71. The first-order chi connectivity index (χ1) is 14.2. The first-order valence-electron chi connectivity index (χ1n) is 10.4. The molecular weight excluding hydrogens is 384 g/mol. The van der Waals surface area contributed by atoms with Crippen LogP contribution in [0.25, 0.3) is 5.70 Å². The molecule has 2 aliphatic heterocycles. The van der Waals surface area contributed by atoms with Crippen molar-refractivity contribution in [2.45, 2.75) is 30.2 Å². The van der Waals surface area contributed by atoms with E-state index in [-0.39, 0.29) is 0 Å². The van der Waals surface area contributed by atoms with E-state index in [9.17, 15) is 4.55 Å². The molecule has 1 aliphatic carbocycles. The van der Waals surface area contributed by atoms with Gasteiger partial charge in [0.15, 0.2) is 4.90 Å². The van der Waals surface area contributed by atoms with Crippen molar-refractivity contribution in [1.82, 2.24) is 14.1 Å². The molecule has 7 nitrogen and oxygen atoms in total. The maximum absolute atomic E-state index is 13.2. The van der Waals surface area contributed by atoms with Gasteiger partial charge < -0.3 is 15.2 Å². The maximum atomic E-state index is 13.2. The third kappa shape index (κ3) is 4.44. The molecule has 1 saturated heterocycles. The number of rotatable bonds is 5. The molecule has 156 valence electrons. The fourth-order valence-electron chi connectivity index (χ4n) is 4.02. The lowest BCUT2D eigenvalue weighted by molar-refractivity contribution is 0.0833. The lowest BCUT2D eigenvalue weighted by atomic mass is 9.91. The van der Waals surface area contributed by atoms with E-state index in [2.05, 4.69) is 19.8 Å². The van der Waals surface area contributed by atoms with Crippen LogP contribution in [0.5, 0.6) is 0 Å². The smallest absolute Gasteiger partial charge is 0.240 e. The molecule has 0 radical (unpaired) electrons. The summed E-state index contributed by atoms with van der Waals surface area (Å²) in [5.41, 5.74) is 7.59. The van der Waals surface area contributed by atoms with E-state index in [1.165, 1.54) is 19.3 Å². The number of allylic oxidation sites excluding steroid dienone is 1. The molecule has 2 fully saturated rings. The van der Waals surface area contributed by atoms with E-state index >= 15 is 0 Å². The van der Waals surface area contributed by atoms with Gasteiger partial charge in [0.25, 0.3) is 0 Å². The molecule has 2 heterocycles. The Hall–Kier alpha value is -2.03. The second-order valence-corrected chi connectivity index (χ2v) is 9.10. The fourth-order valence-corrected chi connectivity index (χ4v) is 5.21. The zero-order chi connectivity index (χ0) is 20.2. The van der Waals surface area contributed by atoms with Gasteiger partial charge >= 0.3 is 0 Å². The molecule has 1 atom stereocenters. The molecule has 0 spiro atoms. The highest BCUT2D eigenvalue weighted by molar-refractivity contribution is 7.89. The van der Waals surface area contributed by atoms with E-state index < -0.39 is 11.4 Å². The summed E-state index contributed by atoms with van der Waals surface area (Å²) >= 11 is -1.26. The number of hydrogen-bond acceptors (Lipinski definition) is 7. The van der Waals surface area contributed by atoms with Crippen molar-refractivity contribution >= 4 is 29.2 Å². The molecular formula is C21H30N6OS. The van der Waals surface area contributed by atoms with Gasteiger partial charge in [-0.05, 0) is 48.7 Å². The Bertz CT molecular complexity index is 781. The van der Waals surface area contributed by atoms with Gasteiger partial charge in [0.2, 0.25) is 5.96 Å². The van der Waals surface area contributed by atoms with Gasteiger partial charge in [0.1, 0.15) is 11.4 Å². The van der Waals surface area contributed by atoms with E-state index in [0.717, 1.165) is 48.6 Å². The number of piperazine rings is 1. The summed E-state index contributed by atoms with van der Waals surface area (Å²) in [6, 6.07) is 8.38. The van der Waals surface area contributed by atoms with Gasteiger partial charge in [0.05, 0.1) is 13.1 Å². The highest BCUT2D eigenvalue weighted by atomic mass is 32.2. The zero-order valence-electron chi connectivity index (χ0n) is 17.0. The maximum Gasteiger partial charge on any atom is 0.240 e. The van der Waals surface area contributed by atoms with Gasteiger partial charge in [-0.2, -0.15) is 4.31 Å². The van der Waals surface area contributed by atoms with Crippen molar-refractivity contribution in [3.63, 3.8) is 0 Å². The van der Waals surface area contributed by atoms with Crippen molar-refractivity contribution in [3.8, 4) is 0 Å². The Morgan fingerprint density at radius 2 is 1.90 bits per heavy atom. The second kappa shape index (κ2) is 9.19. The number of aliphatic imine (C=N–C) groups is 2. The summed E-state index contributed by atoms with van der Waals surface area (Å²) in [6.07, 6.45) is 7.49. The highest BCUT2D eigenvalue weighted by Crippen LogP contribution is 2.27. The van der Waals surface area contributed by atoms with Crippen LogP contribution in [-0.4, -0.2) is 83.2 Å². The standard InChI is InChI=1S/C21H30N6OS/c1-23-10-9-20(22)17-5-7-19(8-6-17)29(28)27-12-11-24-21(27)26-15-13-25(14-16-26)18-3-2-4-18/h5-10,18H,2-4,11-16,22H2,1H3. The van der Waals surface area contributed by atoms with Crippen molar-refractivity contribution in [1.29, 1.82) is 0 Å². The minimum absolute atomic E-state index is 0.640. The Labute approximate surface area is 176 Å². The SMILES string of the molecule is CN=CC=C(N)c1ccc([S+]([O-])N2CCN=C2N2CCN(C3CCC3)CC2)cc1. The van der Waals surface area contributed by atoms with Crippen LogP contribution in [0.1, 0.15) is 24.8 Å². The largest absolute Gasteiger partial charge is 0.588 e. The van der Waals surface area contributed by atoms with Crippen LogP contribution < -0.4 is 5.73 Å². The summed E-state index contributed by atoms with van der Waals surface area (Å²) in [6.45, 7) is 5.47. The van der Waals surface area contributed by atoms with Crippen molar-refractivity contribution < 1.29 is 4.55 Å². The average Bonchev–Trinajstić information content (AvgIpc) is 3.21. The number of nitrogens with zero attached hydrogens (tertiary/aromatic N) is 5. The summed E-state index contributed by atoms with van der Waals surface area (Å²) in [5.74, 6) is 0.888. The molecule has 0 aromatic heterocycles. The minimum Gasteiger partial charge on any atom is -0.588 e. The number of nitrogens with two attached hydrogens (primary N) is 1. The second-order valence-electron chi connectivity index (χ2n) is 7.69. The summed E-state index contributed by atoms with van der Waals surface area (Å²) < 4.78 is 15.2. The molecule has 1 saturated carbocycles. The number of guanidine groups is 1. The van der Waals surface area contributed by atoms with Crippen LogP contribution in [0, 0.1) is 0 Å². The highest BCUT2D eigenvalue weighted by Gasteiger charge is 2.36. The Morgan fingerprint density at radius 1 is 1.17 bits per heavy atom. The molecule has 2 N–H and O–H groups in total. The molecule has 1 unspecified atom stereocenters. The molecule has 0 amide bonds. The van der Waals surface area contributed by atoms with E-state index in [0.29, 0.717) is 18.8 Å². The number of hydrogen-bond donors (Lipinski definition) is 1. The summed E-state index contributed by atoms with van der Waals surface area (Å²) in [5, 5.41) is 0. The van der Waals surface area contributed by atoms with Gasteiger partial charge in [0, 0.05) is 51.2 Å². The Balaban J connectivity index is 1.39. The van der Waals surface area contributed by atoms with E-state index in [1.54, 1.807) is 19.3 Å². The van der Waals surface area contributed by atoms with Crippen molar-refractivity contribution in [3.05, 3.63) is 35.9 Å². The van der Waals surface area contributed by atoms with Crippen LogP contribution in [0.4, 0.5) is 0 Å². The fraction of sp³-hybridized carbons (Fsp3) is 0.524. The lowest BCUT2D eigenvalue weighted by Crippen LogP contribution is -2.56. The lowest BCUT2D eigenvalue weighted by Gasteiger charge is -2.43. The predicted molar refractivity (Wildman–Crippen MR) is 119 cm³/mol. The Morgan fingerprint density at radius 3 is 2.52 bits per heavy atom. The first-order valence-corrected chi connectivity index (χ1v) is 11.5. The Kier molecular flexibility index (Phi) is 6.42. The quantitative estimate of drug-likeness (QED) is 0.584. The van der Waals surface area contributed by atoms with Crippen LogP contribution in [0.2, 0.25) is 0 Å². The molecule has 4 rings (SSSR count). The van der Waals surface area contributed by atoms with Crippen LogP contribution in [0.3, 0.4) is 0 Å². The zero-order valence-corrected chi connectivity index (χ0v) is 17.9. The molecule has 1 aromatic rings. The van der Waals surface area contributed by atoms with E-state index in [1.807, 2.05) is 28.6 Å². The topological polar surface area (TPSA) is 83.5 Å². The predicted octanol–water partition coefficient (Wildman–Crippen LogP) is 1.55. The molecule has 1 aromatic carbocycles. The molecule has 8 heteroatoms. The van der Waals surface area contributed by atoms with Gasteiger partial charge in [-0.15, -0.1) is 0 Å².